The quantitative estimate of drug-likeness (QED) is 0.527. The van der Waals surface area contributed by atoms with Gasteiger partial charge in [0.25, 0.3) is 5.91 Å². The summed E-state index contributed by atoms with van der Waals surface area (Å²) in [6.45, 7) is 2.41. The Morgan fingerprint density at radius 2 is 1.50 bits per heavy atom. The molecule has 0 heterocycles. The molecule has 0 N–H and O–H groups in total. The summed E-state index contributed by atoms with van der Waals surface area (Å²) < 4.78 is 21.0. The number of amides is 1. The van der Waals surface area contributed by atoms with Gasteiger partial charge in [0.2, 0.25) is 0 Å². The van der Waals surface area contributed by atoms with Gasteiger partial charge in [0.1, 0.15) is 17.2 Å². The lowest BCUT2D eigenvalue weighted by molar-refractivity contribution is -0.154. The van der Waals surface area contributed by atoms with Gasteiger partial charge >= 0.3 is 5.97 Å². The van der Waals surface area contributed by atoms with E-state index >= 15 is 0 Å². The van der Waals surface area contributed by atoms with Gasteiger partial charge in [-0.15, -0.1) is 0 Å². The average Bonchev–Trinajstić information content (AvgIpc) is 3.61. The van der Waals surface area contributed by atoms with Gasteiger partial charge in [-0.05, 0) is 61.7 Å². The van der Waals surface area contributed by atoms with Crippen LogP contribution in [0.25, 0.3) is 0 Å². The number of carbonyl (C=O) groups is 2. The van der Waals surface area contributed by atoms with Gasteiger partial charge in [-0.1, -0.05) is 12.1 Å². The van der Waals surface area contributed by atoms with Crippen LogP contribution in [0.4, 0.5) is 0 Å². The van der Waals surface area contributed by atoms with Crippen molar-refractivity contribution in [3.63, 3.8) is 0 Å². The van der Waals surface area contributed by atoms with E-state index < -0.39 is 5.97 Å². The molecule has 0 bridgehead atoms. The molecule has 7 nitrogen and oxygen atoms in total. The van der Waals surface area contributed by atoms with Gasteiger partial charge in [0.05, 0.1) is 13.7 Å². The Bertz CT molecular complexity index is 830. The zero-order valence-electron chi connectivity index (χ0n) is 17.3. The second-order valence-electron chi connectivity index (χ2n) is 6.95. The molecule has 1 saturated carbocycles. The topological polar surface area (TPSA) is 74.3 Å². The standard InChI is InChI=1S/C23H27NO6/c1-3-28-20-10-12-21(13-11-20)29-16-23(26)30-15-22(25)24(18-6-7-18)14-17-4-8-19(27-2)9-5-17/h4-5,8-13,18H,3,6-7,14-16H2,1-2H3. The monoisotopic (exact) mass is 413 g/mol. The van der Waals surface area contributed by atoms with E-state index in [1.54, 1.807) is 36.3 Å². The molecule has 0 atom stereocenters. The van der Waals surface area contributed by atoms with E-state index in [1.165, 1.54) is 0 Å². The summed E-state index contributed by atoms with van der Waals surface area (Å²) >= 11 is 0. The molecule has 1 amide bonds. The Morgan fingerprint density at radius 3 is 2.07 bits per heavy atom. The van der Waals surface area contributed by atoms with Crippen molar-refractivity contribution in [2.45, 2.75) is 32.4 Å². The number of hydrogen-bond donors (Lipinski definition) is 0. The Balaban J connectivity index is 1.44. The minimum atomic E-state index is -0.586. The summed E-state index contributed by atoms with van der Waals surface area (Å²) in [6.07, 6.45) is 1.94. The van der Waals surface area contributed by atoms with E-state index in [9.17, 15) is 9.59 Å². The van der Waals surface area contributed by atoms with Crippen LogP contribution in [0.5, 0.6) is 17.2 Å². The fraction of sp³-hybridized carbons (Fsp3) is 0.391. The maximum absolute atomic E-state index is 12.6. The third-order valence-corrected chi connectivity index (χ3v) is 4.67. The van der Waals surface area contributed by atoms with Gasteiger partial charge in [-0.3, -0.25) is 4.79 Å². The van der Waals surface area contributed by atoms with E-state index in [-0.39, 0.29) is 25.2 Å². The van der Waals surface area contributed by atoms with Crippen LogP contribution >= 0.6 is 0 Å². The number of ether oxygens (including phenoxy) is 4. The number of hydrogen-bond acceptors (Lipinski definition) is 6. The molecule has 0 radical (unpaired) electrons. The van der Waals surface area contributed by atoms with Crippen molar-refractivity contribution in [2.24, 2.45) is 0 Å². The van der Waals surface area contributed by atoms with Crippen LogP contribution in [0, 0.1) is 0 Å². The molecule has 1 fully saturated rings. The summed E-state index contributed by atoms with van der Waals surface area (Å²) in [5, 5.41) is 0. The minimum absolute atomic E-state index is 0.206. The molecule has 2 aromatic rings. The zero-order valence-corrected chi connectivity index (χ0v) is 17.3. The smallest absolute Gasteiger partial charge is 0.344 e. The van der Waals surface area contributed by atoms with Crippen molar-refractivity contribution >= 4 is 11.9 Å². The summed E-state index contributed by atoms with van der Waals surface area (Å²) in [5.41, 5.74) is 1.00. The number of esters is 1. The third-order valence-electron chi connectivity index (χ3n) is 4.67. The van der Waals surface area contributed by atoms with Gasteiger partial charge < -0.3 is 23.8 Å². The predicted molar refractivity (Wildman–Crippen MR) is 111 cm³/mol. The molecule has 0 aliphatic heterocycles. The molecule has 3 rings (SSSR count). The van der Waals surface area contributed by atoms with Crippen LogP contribution in [-0.2, 0) is 20.9 Å². The lowest BCUT2D eigenvalue weighted by Gasteiger charge is -2.22. The third kappa shape index (κ3) is 6.40. The number of carbonyl (C=O) groups excluding carboxylic acids is 2. The van der Waals surface area contributed by atoms with Crippen molar-refractivity contribution < 1.29 is 28.5 Å². The number of rotatable bonds is 11. The first-order valence-electron chi connectivity index (χ1n) is 10.0. The maximum Gasteiger partial charge on any atom is 0.344 e. The van der Waals surface area contributed by atoms with Crippen molar-refractivity contribution in [2.75, 3.05) is 26.9 Å². The summed E-state index contributed by atoms with van der Waals surface area (Å²) in [6, 6.07) is 14.8. The van der Waals surface area contributed by atoms with Crippen LogP contribution in [0.15, 0.2) is 48.5 Å². The Kier molecular flexibility index (Phi) is 7.54. The van der Waals surface area contributed by atoms with Gasteiger partial charge in [-0.25, -0.2) is 4.79 Å². The van der Waals surface area contributed by atoms with E-state index in [0.29, 0.717) is 18.9 Å². The van der Waals surface area contributed by atoms with E-state index in [4.69, 9.17) is 18.9 Å². The average molecular weight is 413 g/mol. The largest absolute Gasteiger partial charge is 0.497 e. The second-order valence-corrected chi connectivity index (χ2v) is 6.95. The molecule has 1 aliphatic carbocycles. The van der Waals surface area contributed by atoms with E-state index in [0.717, 1.165) is 29.9 Å². The lowest BCUT2D eigenvalue weighted by Crippen LogP contribution is -2.36. The Hall–Kier alpha value is -3.22. The second kappa shape index (κ2) is 10.5. The number of benzene rings is 2. The van der Waals surface area contributed by atoms with Crippen molar-refractivity contribution in [1.29, 1.82) is 0 Å². The highest BCUT2D eigenvalue weighted by atomic mass is 16.6. The molecule has 2 aromatic carbocycles. The fourth-order valence-corrected chi connectivity index (χ4v) is 2.94. The minimum Gasteiger partial charge on any atom is -0.497 e. The Labute approximate surface area is 176 Å². The van der Waals surface area contributed by atoms with Gasteiger partial charge in [-0.2, -0.15) is 0 Å². The first kappa shape index (κ1) is 21.5. The fourth-order valence-electron chi connectivity index (χ4n) is 2.94. The maximum atomic E-state index is 12.6. The molecule has 0 unspecified atom stereocenters. The van der Waals surface area contributed by atoms with Gasteiger partial charge in [0.15, 0.2) is 13.2 Å². The Morgan fingerprint density at radius 1 is 0.900 bits per heavy atom. The van der Waals surface area contributed by atoms with E-state index in [2.05, 4.69) is 0 Å². The molecule has 30 heavy (non-hydrogen) atoms. The first-order chi connectivity index (χ1) is 14.6. The molecule has 160 valence electrons. The molecule has 0 saturated heterocycles. The summed E-state index contributed by atoms with van der Waals surface area (Å²) in [7, 11) is 1.61. The van der Waals surface area contributed by atoms with Crippen molar-refractivity contribution in [3.05, 3.63) is 54.1 Å². The van der Waals surface area contributed by atoms with Crippen LogP contribution in [0.2, 0.25) is 0 Å². The number of methoxy groups -OCH3 is 1. The number of nitrogens with zero attached hydrogens (tertiary/aromatic N) is 1. The predicted octanol–water partition coefficient (Wildman–Crippen LogP) is 3.21. The van der Waals surface area contributed by atoms with Crippen molar-refractivity contribution in [3.8, 4) is 17.2 Å². The molecular formula is C23H27NO6. The SMILES string of the molecule is CCOc1ccc(OCC(=O)OCC(=O)N(Cc2ccc(OC)cc2)C2CC2)cc1. The van der Waals surface area contributed by atoms with Crippen LogP contribution < -0.4 is 14.2 Å². The molecule has 0 spiro atoms. The van der Waals surface area contributed by atoms with Crippen LogP contribution in [0.1, 0.15) is 25.3 Å². The van der Waals surface area contributed by atoms with Crippen LogP contribution in [-0.4, -0.2) is 49.7 Å². The highest BCUT2D eigenvalue weighted by molar-refractivity contribution is 5.81. The summed E-state index contributed by atoms with van der Waals surface area (Å²) in [4.78, 5) is 26.3. The normalized spacial score (nSPS) is 12.7. The van der Waals surface area contributed by atoms with Crippen molar-refractivity contribution in [1.82, 2.24) is 4.90 Å². The van der Waals surface area contributed by atoms with E-state index in [1.807, 2.05) is 31.2 Å². The van der Waals surface area contributed by atoms with Crippen LogP contribution in [0.3, 0.4) is 0 Å². The lowest BCUT2D eigenvalue weighted by atomic mass is 10.2. The molecule has 7 heteroatoms. The van der Waals surface area contributed by atoms with Gasteiger partial charge in [0, 0.05) is 12.6 Å². The highest BCUT2D eigenvalue weighted by Crippen LogP contribution is 2.29. The summed E-state index contributed by atoms with van der Waals surface area (Å²) in [5.74, 6) is 1.24. The highest BCUT2D eigenvalue weighted by Gasteiger charge is 2.32. The zero-order chi connectivity index (χ0) is 21.3. The molecule has 1 aliphatic rings. The molecular weight excluding hydrogens is 386 g/mol. The molecule has 0 aromatic heterocycles. The first-order valence-corrected chi connectivity index (χ1v) is 10.0.